The summed E-state index contributed by atoms with van der Waals surface area (Å²) in [6.07, 6.45) is 4.05. The van der Waals surface area contributed by atoms with E-state index >= 15 is 0 Å². The Morgan fingerprint density at radius 3 is 2.54 bits per heavy atom. The second-order valence-corrected chi connectivity index (χ2v) is 9.70. The van der Waals surface area contributed by atoms with Gasteiger partial charge in [0.1, 0.15) is 0 Å². The van der Waals surface area contributed by atoms with Crippen molar-refractivity contribution in [3.05, 3.63) is 46.7 Å². The van der Waals surface area contributed by atoms with Gasteiger partial charge >= 0.3 is 12.0 Å². The minimum absolute atomic E-state index is 0.201. The van der Waals surface area contributed by atoms with Gasteiger partial charge in [-0.2, -0.15) is 0 Å². The monoisotopic (exact) mass is 482 g/mol. The Morgan fingerprint density at radius 1 is 1.09 bits per heavy atom. The maximum absolute atomic E-state index is 13.3. The second-order valence-electron chi connectivity index (χ2n) is 9.70. The number of rotatable bonds is 7. The van der Waals surface area contributed by atoms with E-state index < -0.39 is 12.0 Å². The standard InChI is InChI=1S/C27H38N4O4/c1-4-31-22(18-29-13-8-14-30(16-15-29)25(32)20-10-7-11-20)23(26(33)35-5-2)24(28-27(31)34)21-12-6-9-19(3)17-21/h6,9,12,17,20,24H,4-5,7-8,10-11,13-16,18H2,1-3H3,(H,28,34)/t24-/m0/s1. The van der Waals surface area contributed by atoms with Crippen LogP contribution in [0.25, 0.3) is 0 Å². The summed E-state index contributed by atoms with van der Waals surface area (Å²) in [4.78, 5) is 45.1. The van der Waals surface area contributed by atoms with Crippen LogP contribution >= 0.6 is 0 Å². The predicted molar refractivity (Wildman–Crippen MR) is 133 cm³/mol. The maximum atomic E-state index is 13.3. The number of ether oxygens (including phenoxy) is 1. The SMILES string of the molecule is CCOC(=O)C1=C(CN2CCCN(C(=O)C3CCC3)CC2)N(CC)C(=O)N[C@H]1c1cccc(C)c1. The van der Waals surface area contributed by atoms with Gasteiger partial charge in [-0.3, -0.25) is 14.6 Å². The Balaban J connectivity index is 1.63. The fourth-order valence-corrected chi connectivity index (χ4v) is 5.23. The third-order valence-electron chi connectivity index (χ3n) is 7.35. The highest BCUT2D eigenvalue weighted by Gasteiger charge is 2.38. The van der Waals surface area contributed by atoms with E-state index in [9.17, 15) is 14.4 Å². The summed E-state index contributed by atoms with van der Waals surface area (Å²) in [5, 5.41) is 3.03. The quantitative estimate of drug-likeness (QED) is 0.604. The molecule has 0 radical (unpaired) electrons. The molecule has 0 unspecified atom stereocenters. The van der Waals surface area contributed by atoms with Gasteiger partial charge in [0.2, 0.25) is 5.91 Å². The van der Waals surface area contributed by atoms with Crippen molar-refractivity contribution in [3.63, 3.8) is 0 Å². The van der Waals surface area contributed by atoms with Gasteiger partial charge in [0, 0.05) is 50.9 Å². The first kappa shape index (κ1) is 25.2. The third-order valence-corrected chi connectivity index (χ3v) is 7.35. The maximum Gasteiger partial charge on any atom is 0.338 e. The van der Waals surface area contributed by atoms with Crippen molar-refractivity contribution in [3.8, 4) is 0 Å². The summed E-state index contributed by atoms with van der Waals surface area (Å²) in [5.74, 6) is 0.0905. The van der Waals surface area contributed by atoms with Gasteiger partial charge in [-0.05, 0) is 45.6 Å². The molecule has 2 heterocycles. The van der Waals surface area contributed by atoms with Gasteiger partial charge in [0.05, 0.1) is 18.2 Å². The third kappa shape index (κ3) is 5.53. The number of nitrogens with one attached hydrogen (secondary N) is 1. The van der Waals surface area contributed by atoms with Crippen LogP contribution < -0.4 is 5.32 Å². The average Bonchev–Trinajstić information content (AvgIpc) is 3.03. The van der Waals surface area contributed by atoms with Crippen molar-refractivity contribution in [2.24, 2.45) is 5.92 Å². The number of aryl methyl sites for hydroxylation is 1. The average molecular weight is 483 g/mol. The number of amides is 3. The van der Waals surface area contributed by atoms with E-state index in [1.165, 1.54) is 0 Å². The van der Waals surface area contributed by atoms with Gasteiger partial charge in [-0.15, -0.1) is 0 Å². The Morgan fingerprint density at radius 2 is 1.89 bits per heavy atom. The molecule has 1 atom stereocenters. The number of urea groups is 1. The molecule has 0 aromatic heterocycles. The minimum Gasteiger partial charge on any atom is -0.463 e. The van der Waals surface area contributed by atoms with Gasteiger partial charge in [0.15, 0.2) is 0 Å². The summed E-state index contributed by atoms with van der Waals surface area (Å²) in [7, 11) is 0. The van der Waals surface area contributed by atoms with E-state index in [2.05, 4.69) is 10.2 Å². The summed E-state index contributed by atoms with van der Waals surface area (Å²) in [6.45, 7) is 9.84. The van der Waals surface area contributed by atoms with Crippen LogP contribution in [-0.2, 0) is 14.3 Å². The first-order valence-electron chi connectivity index (χ1n) is 13.0. The molecule has 1 aromatic rings. The van der Waals surface area contributed by atoms with E-state index in [1.54, 1.807) is 11.8 Å². The minimum atomic E-state index is -0.567. The van der Waals surface area contributed by atoms with Gasteiger partial charge in [-0.25, -0.2) is 9.59 Å². The lowest BCUT2D eigenvalue weighted by molar-refractivity contribution is -0.139. The van der Waals surface area contributed by atoms with Crippen molar-refractivity contribution in [2.45, 2.75) is 52.5 Å². The fourth-order valence-electron chi connectivity index (χ4n) is 5.23. The van der Waals surface area contributed by atoms with Gasteiger partial charge < -0.3 is 15.0 Å². The van der Waals surface area contributed by atoms with Crippen molar-refractivity contribution in [2.75, 3.05) is 45.9 Å². The molecular weight excluding hydrogens is 444 g/mol. The van der Waals surface area contributed by atoms with Crippen LogP contribution in [0, 0.1) is 12.8 Å². The van der Waals surface area contributed by atoms with E-state index in [-0.39, 0.29) is 24.5 Å². The van der Waals surface area contributed by atoms with E-state index in [4.69, 9.17) is 4.74 Å². The number of likely N-dealkylation sites (N-methyl/N-ethyl adjacent to an activating group) is 1. The zero-order valence-corrected chi connectivity index (χ0v) is 21.2. The van der Waals surface area contributed by atoms with Crippen molar-refractivity contribution < 1.29 is 19.1 Å². The highest BCUT2D eigenvalue weighted by atomic mass is 16.5. The Hall–Kier alpha value is -2.87. The first-order chi connectivity index (χ1) is 16.9. The molecule has 1 saturated heterocycles. The Bertz CT molecular complexity index is 987. The van der Waals surface area contributed by atoms with Crippen LogP contribution in [0.15, 0.2) is 35.5 Å². The number of benzene rings is 1. The van der Waals surface area contributed by atoms with Crippen molar-refractivity contribution >= 4 is 17.9 Å². The number of hydrogen-bond donors (Lipinski definition) is 1. The largest absolute Gasteiger partial charge is 0.463 e. The highest BCUT2D eigenvalue weighted by Crippen LogP contribution is 2.33. The first-order valence-corrected chi connectivity index (χ1v) is 13.0. The van der Waals surface area contributed by atoms with Crippen LogP contribution in [0.1, 0.15) is 56.7 Å². The van der Waals surface area contributed by atoms with Gasteiger partial charge in [-0.1, -0.05) is 36.2 Å². The van der Waals surface area contributed by atoms with Crippen LogP contribution in [-0.4, -0.2) is 78.5 Å². The molecular formula is C27H38N4O4. The van der Waals surface area contributed by atoms with Crippen LogP contribution in [0.3, 0.4) is 0 Å². The summed E-state index contributed by atoms with van der Waals surface area (Å²) in [6, 6.07) is 7.09. The molecule has 0 bridgehead atoms. The molecule has 2 aliphatic heterocycles. The molecule has 1 aromatic carbocycles. The Labute approximate surface area is 208 Å². The number of hydrogen-bond acceptors (Lipinski definition) is 5. The lowest BCUT2D eigenvalue weighted by Gasteiger charge is -2.38. The Kier molecular flexibility index (Phi) is 8.11. The normalized spacial score (nSPS) is 21.9. The second kappa shape index (κ2) is 11.2. The summed E-state index contributed by atoms with van der Waals surface area (Å²) in [5.41, 5.74) is 3.11. The van der Waals surface area contributed by atoms with Crippen LogP contribution in [0.2, 0.25) is 0 Å². The molecule has 35 heavy (non-hydrogen) atoms. The van der Waals surface area contributed by atoms with Crippen LogP contribution in [0.5, 0.6) is 0 Å². The fraction of sp³-hybridized carbons (Fsp3) is 0.593. The predicted octanol–water partition coefficient (Wildman–Crippen LogP) is 3.23. The molecule has 1 aliphatic carbocycles. The highest BCUT2D eigenvalue weighted by molar-refractivity contribution is 5.95. The molecule has 2 fully saturated rings. The molecule has 8 nitrogen and oxygen atoms in total. The summed E-state index contributed by atoms with van der Waals surface area (Å²) < 4.78 is 5.48. The number of nitrogens with zero attached hydrogens (tertiary/aromatic N) is 3. The number of esters is 1. The van der Waals surface area contributed by atoms with Crippen molar-refractivity contribution in [1.29, 1.82) is 0 Å². The molecule has 3 aliphatic rings. The topological polar surface area (TPSA) is 82.2 Å². The van der Waals surface area contributed by atoms with E-state index in [1.807, 2.05) is 43.0 Å². The molecule has 8 heteroatoms. The molecule has 1 N–H and O–H groups in total. The van der Waals surface area contributed by atoms with E-state index in [0.29, 0.717) is 37.4 Å². The molecule has 0 spiro atoms. The molecule has 190 valence electrons. The molecule has 3 amide bonds. The van der Waals surface area contributed by atoms with Gasteiger partial charge in [0.25, 0.3) is 0 Å². The zero-order valence-electron chi connectivity index (χ0n) is 21.2. The molecule has 1 saturated carbocycles. The summed E-state index contributed by atoms with van der Waals surface area (Å²) >= 11 is 0. The smallest absolute Gasteiger partial charge is 0.338 e. The van der Waals surface area contributed by atoms with E-state index in [0.717, 1.165) is 49.9 Å². The number of carbonyl (C=O) groups is 3. The molecule has 4 rings (SSSR count). The lowest BCUT2D eigenvalue weighted by Crippen LogP contribution is -2.51. The number of carbonyl (C=O) groups excluding carboxylic acids is 3. The lowest BCUT2D eigenvalue weighted by atomic mass is 9.84. The zero-order chi connectivity index (χ0) is 24.9. The van der Waals surface area contributed by atoms with Crippen molar-refractivity contribution in [1.82, 2.24) is 20.0 Å². The van der Waals surface area contributed by atoms with Crippen LogP contribution in [0.4, 0.5) is 4.79 Å².